The van der Waals surface area contributed by atoms with E-state index in [0.29, 0.717) is 6.61 Å². The van der Waals surface area contributed by atoms with Crippen molar-refractivity contribution in [3.05, 3.63) is 156 Å². The summed E-state index contributed by atoms with van der Waals surface area (Å²) in [6.45, 7) is 69.3. The summed E-state index contributed by atoms with van der Waals surface area (Å²) >= 11 is 0. The molecule has 4 heteroatoms. The monoisotopic (exact) mass is 531 g/mol. The largest absolute Gasteiger partial charge is 0.394 e. The van der Waals surface area contributed by atoms with Gasteiger partial charge in [0.15, 0.2) is 0 Å². The molecule has 0 unspecified atom stereocenters. The van der Waals surface area contributed by atoms with E-state index in [1.807, 2.05) is 27.7 Å². The van der Waals surface area contributed by atoms with Crippen LogP contribution >= 0.6 is 0 Å². The maximum absolute atomic E-state index is 7.94. The molecule has 0 aromatic heterocycles. The van der Waals surface area contributed by atoms with E-state index >= 15 is 0 Å². The molecule has 0 saturated carbocycles. The molecule has 0 amide bonds. The maximum atomic E-state index is 7.94. The van der Waals surface area contributed by atoms with Crippen LogP contribution in [-0.4, -0.2) is 48.9 Å². The third-order valence-corrected chi connectivity index (χ3v) is 0.395. The van der Waals surface area contributed by atoms with Gasteiger partial charge in [0.25, 0.3) is 0 Å². The number of aliphatic hydroxyl groups excluding tert-OH is 3. The molecule has 0 aliphatic carbocycles. The fourth-order valence-corrected chi connectivity index (χ4v) is 0.0913. The van der Waals surface area contributed by atoms with Crippen molar-refractivity contribution in [2.24, 2.45) is 0 Å². The minimum Gasteiger partial charge on any atom is -0.394 e. The number of allylic oxidation sites excluding steroid dienone is 4. The molecule has 0 atom stereocenters. The molecule has 37 heavy (non-hydrogen) atoms. The fourth-order valence-electron chi connectivity index (χ4n) is 0.0913. The smallest absolute Gasteiger partial charge is 0.0693 e. The number of hydrogen-bond acceptors (Lipinski definition) is 4. The van der Waals surface area contributed by atoms with Gasteiger partial charge < -0.3 is 20.1 Å². The van der Waals surface area contributed by atoms with Crippen LogP contribution < -0.4 is 0 Å². The van der Waals surface area contributed by atoms with Crippen molar-refractivity contribution in [3.8, 4) is 0 Å². The van der Waals surface area contributed by atoms with E-state index in [-0.39, 0.29) is 19.8 Å². The molecule has 0 aromatic rings. The van der Waals surface area contributed by atoms with Crippen molar-refractivity contribution in [1.82, 2.24) is 0 Å². The average Bonchev–Trinajstić information content (AvgIpc) is 3.00. The van der Waals surface area contributed by atoms with Crippen LogP contribution in [0.25, 0.3) is 0 Å². The van der Waals surface area contributed by atoms with Gasteiger partial charge in [0.05, 0.1) is 26.4 Å². The molecule has 0 heterocycles. The first kappa shape index (κ1) is 92.8. The van der Waals surface area contributed by atoms with Gasteiger partial charge in [-0.1, -0.05) is 24.3 Å². The SMILES string of the molecule is C=C.C=C.C=C.C=C.C=C.C=C.C=C.C=C.C=CC.C=CC.C=CC.C=CC.COCCO.OCCO. The van der Waals surface area contributed by atoms with Crippen LogP contribution in [0.2, 0.25) is 0 Å². The first-order valence-electron chi connectivity index (χ1n) is 10.6. The molecule has 3 N–H and O–H groups in total. The predicted octanol–water partition coefficient (Wildman–Crippen LogP) is 9.78. The van der Waals surface area contributed by atoms with Gasteiger partial charge >= 0.3 is 0 Å². The summed E-state index contributed by atoms with van der Waals surface area (Å²) in [6.07, 6.45) is 7.00. The Hall–Kier alpha value is -3.28. The van der Waals surface area contributed by atoms with Crippen LogP contribution in [0.4, 0.5) is 0 Å². The van der Waals surface area contributed by atoms with Crippen molar-refractivity contribution >= 4 is 0 Å². The summed E-state index contributed by atoms with van der Waals surface area (Å²) in [6, 6.07) is 0. The minimum absolute atomic E-state index is 0.122. The molecule has 0 bridgehead atoms. The summed E-state index contributed by atoms with van der Waals surface area (Å²) in [5.74, 6) is 0. The lowest BCUT2D eigenvalue weighted by atomic mass is 10.8. The number of aliphatic hydroxyl groups is 3. The molecule has 0 saturated heterocycles. The zero-order valence-corrected chi connectivity index (χ0v) is 26.0. The van der Waals surface area contributed by atoms with Crippen molar-refractivity contribution in [1.29, 1.82) is 0 Å². The zero-order chi connectivity index (χ0) is 34.4. The van der Waals surface area contributed by atoms with Crippen molar-refractivity contribution < 1.29 is 20.1 Å². The van der Waals surface area contributed by atoms with Gasteiger partial charge in [-0.05, 0) is 27.7 Å². The molecule has 0 spiro atoms. The summed E-state index contributed by atoms with van der Waals surface area (Å²) in [5, 5.41) is 23.2. The predicted molar refractivity (Wildman–Crippen MR) is 187 cm³/mol. The molecule has 4 nitrogen and oxygen atoms in total. The van der Waals surface area contributed by atoms with E-state index in [1.54, 1.807) is 31.4 Å². The van der Waals surface area contributed by atoms with E-state index in [1.165, 1.54) is 0 Å². The van der Waals surface area contributed by atoms with Gasteiger partial charge in [-0.15, -0.1) is 132 Å². The lowest BCUT2D eigenvalue weighted by Gasteiger charge is -1.84. The fraction of sp³-hybridized carbons (Fsp3) is 0.273. The molecule has 0 radical (unpaired) electrons. The molecule has 0 rings (SSSR count). The first-order chi connectivity index (χ1) is 18.0. The number of methoxy groups -OCH3 is 1. The lowest BCUT2D eigenvalue weighted by molar-refractivity contribution is 0.135. The van der Waals surface area contributed by atoms with Crippen LogP contribution in [-0.2, 0) is 4.74 Å². The van der Waals surface area contributed by atoms with Crippen molar-refractivity contribution in [3.63, 3.8) is 0 Å². The minimum atomic E-state index is -0.125. The van der Waals surface area contributed by atoms with Crippen LogP contribution in [0.5, 0.6) is 0 Å². The lowest BCUT2D eigenvalue weighted by Crippen LogP contribution is -1.91. The zero-order valence-electron chi connectivity index (χ0n) is 26.0. The topological polar surface area (TPSA) is 69.9 Å². The standard InChI is InChI=1S/C3H8O2.4C3H6.C2H6O2.8C2H4/c1-5-3-2-4;4*1-3-2;3-1-2-4;8*1-2/h4H,2-3H2,1H3;4*3H,1H2,2H3;3-4H,1-2H2;8*1-2H2. The molecule has 0 aliphatic rings. The third kappa shape index (κ3) is 394000. The molecule has 0 aromatic carbocycles. The van der Waals surface area contributed by atoms with Crippen molar-refractivity contribution in [2.75, 3.05) is 33.5 Å². The second kappa shape index (κ2) is 1010. The second-order valence-corrected chi connectivity index (χ2v) is 2.80. The van der Waals surface area contributed by atoms with E-state index in [9.17, 15) is 0 Å². The summed E-state index contributed by atoms with van der Waals surface area (Å²) in [5.41, 5.74) is 0. The van der Waals surface area contributed by atoms with Gasteiger partial charge in [-0.3, -0.25) is 0 Å². The Morgan fingerprint density at radius 1 is 0.405 bits per heavy atom. The molecule has 0 fully saturated rings. The third-order valence-electron chi connectivity index (χ3n) is 0.395. The van der Waals surface area contributed by atoms with E-state index in [4.69, 9.17) is 15.3 Å². The summed E-state index contributed by atoms with van der Waals surface area (Å²) in [4.78, 5) is 0. The summed E-state index contributed by atoms with van der Waals surface area (Å²) in [7, 11) is 1.55. The molecular weight excluding hydrogens is 460 g/mol. The second-order valence-electron chi connectivity index (χ2n) is 2.80. The van der Waals surface area contributed by atoms with E-state index in [2.05, 4.69) is 136 Å². The molecular formula is C33H70O4. The van der Waals surface area contributed by atoms with E-state index < -0.39 is 0 Å². The maximum Gasteiger partial charge on any atom is 0.0693 e. The van der Waals surface area contributed by atoms with Crippen molar-refractivity contribution in [2.45, 2.75) is 27.7 Å². The van der Waals surface area contributed by atoms with Gasteiger partial charge in [0.2, 0.25) is 0 Å². The highest BCUT2D eigenvalue weighted by molar-refractivity contribution is 4.52. The highest BCUT2D eigenvalue weighted by Gasteiger charge is 1.67. The van der Waals surface area contributed by atoms with Gasteiger partial charge in [-0.25, -0.2) is 0 Å². The Balaban J connectivity index is -0.0000000130. The molecule has 226 valence electrons. The average molecular weight is 531 g/mol. The number of ether oxygens (including phenoxy) is 1. The Kier molecular flexibility index (Phi) is 2520. The number of rotatable bonds is 3. The van der Waals surface area contributed by atoms with Crippen LogP contribution in [0.15, 0.2) is 156 Å². The van der Waals surface area contributed by atoms with Gasteiger partial charge in [0, 0.05) is 7.11 Å². The van der Waals surface area contributed by atoms with E-state index in [0.717, 1.165) is 0 Å². The quantitative estimate of drug-likeness (QED) is 0.318. The molecule has 0 aliphatic heterocycles. The Morgan fingerprint density at radius 2 is 0.514 bits per heavy atom. The highest BCUT2D eigenvalue weighted by atomic mass is 16.5. The summed E-state index contributed by atoms with van der Waals surface area (Å²) < 4.78 is 4.44. The Labute approximate surface area is 237 Å². The first-order valence-corrected chi connectivity index (χ1v) is 10.6. The normalized spacial score (nSPS) is 4.22. The highest BCUT2D eigenvalue weighted by Crippen LogP contribution is 1.56. The Bertz CT molecular complexity index is 190. The van der Waals surface area contributed by atoms with Gasteiger partial charge in [0.1, 0.15) is 0 Å². The van der Waals surface area contributed by atoms with Crippen LogP contribution in [0.1, 0.15) is 27.7 Å². The number of hydrogen-bond donors (Lipinski definition) is 3. The van der Waals surface area contributed by atoms with Crippen LogP contribution in [0, 0.1) is 0 Å². The Morgan fingerprint density at radius 3 is 0.514 bits per heavy atom. The van der Waals surface area contributed by atoms with Gasteiger partial charge in [-0.2, -0.15) is 0 Å². The van der Waals surface area contributed by atoms with Crippen LogP contribution in [0.3, 0.4) is 0 Å².